The van der Waals surface area contributed by atoms with Crippen molar-refractivity contribution in [3.05, 3.63) is 36.0 Å². The lowest BCUT2D eigenvalue weighted by Crippen LogP contribution is -2.10. The average molecular weight is 219 g/mol. The molecule has 0 aliphatic heterocycles. The van der Waals surface area contributed by atoms with Gasteiger partial charge in [0.1, 0.15) is 5.75 Å². The minimum atomic E-state index is -0.0584. The Morgan fingerprint density at radius 2 is 1.88 bits per heavy atom. The lowest BCUT2D eigenvalue weighted by molar-refractivity contribution is -0.116. The second-order valence-corrected chi connectivity index (χ2v) is 3.83. The van der Waals surface area contributed by atoms with Crippen molar-refractivity contribution in [2.75, 3.05) is 7.11 Å². The summed E-state index contributed by atoms with van der Waals surface area (Å²) >= 11 is 0. The first-order valence-corrected chi connectivity index (χ1v) is 5.20. The number of methoxy groups -OCH3 is 1. The van der Waals surface area contributed by atoms with Crippen molar-refractivity contribution in [2.45, 2.75) is 13.8 Å². The Morgan fingerprint density at radius 1 is 1.31 bits per heavy atom. The van der Waals surface area contributed by atoms with Crippen molar-refractivity contribution < 1.29 is 9.53 Å². The molecule has 0 heterocycles. The minimum absolute atomic E-state index is 0.0488. The molecule has 0 saturated carbocycles. The number of Topliss-reactive ketones (excluding diaryl/α,β-unsaturated/α-hetero) is 1. The number of ether oxygens (including phenoxy) is 1. The largest absolute Gasteiger partial charge is 0.497 e. The molecule has 0 aliphatic carbocycles. The van der Waals surface area contributed by atoms with Gasteiger partial charge in [-0.2, -0.15) is 0 Å². The van der Waals surface area contributed by atoms with Crippen molar-refractivity contribution in [1.29, 1.82) is 0 Å². The second-order valence-electron chi connectivity index (χ2n) is 3.83. The molecule has 2 N–H and O–H groups in total. The molecule has 3 heteroatoms. The number of hydrogen-bond donors (Lipinski definition) is 1. The number of hydrogen-bond acceptors (Lipinski definition) is 3. The first-order valence-electron chi connectivity index (χ1n) is 5.20. The third kappa shape index (κ3) is 2.63. The number of nitrogens with two attached hydrogens (primary N) is 1. The van der Waals surface area contributed by atoms with Crippen molar-refractivity contribution in [1.82, 2.24) is 0 Å². The van der Waals surface area contributed by atoms with Gasteiger partial charge in [0.15, 0.2) is 5.78 Å². The van der Waals surface area contributed by atoms with Crippen LogP contribution in [-0.4, -0.2) is 12.9 Å². The summed E-state index contributed by atoms with van der Waals surface area (Å²) in [7, 11) is 1.61. The normalized spacial score (nSPS) is 11.6. The predicted octanol–water partition coefficient (Wildman–Crippen LogP) is 2.22. The number of ketones is 1. The van der Waals surface area contributed by atoms with Gasteiger partial charge in [-0.3, -0.25) is 4.79 Å². The number of carbonyl (C=O) groups is 1. The van der Waals surface area contributed by atoms with Crippen LogP contribution >= 0.6 is 0 Å². The molecule has 3 nitrogen and oxygen atoms in total. The zero-order valence-electron chi connectivity index (χ0n) is 9.86. The molecule has 0 unspecified atom stereocenters. The highest BCUT2D eigenvalue weighted by molar-refractivity contribution is 6.21. The lowest BCUT2D eigenvalue weighted by atomic mass is 9.96. The van der Waals surface area contributed by atoms with Crippen LogP contribution in [0.5, 0.6) is 5.75 Å². The Balaban J connectivity index is 3.01. The molecular formula is C13H17NO2. The van der Waals surface area contributed by atoms with Crippen LogP contribution in [0, 0.1) is 5.92 Å². The Bertz CT molecular complexity index is 391. The van der Waals surface area contributed by atoms with E-state index in [0.717, 1.165) is 11.3 Å². The molecule has 0 saturated heterocycles. The van der Waals surface area contributed by atoms with Gasteiger partial charge in [0, 0.05) is 17.7 Å². The third-order valence-electron chi connectivity index (χ3n) is 2.36. The van der Waals surface area contributed by atoms with Crippen LogP contribution in [0.15, 0.2) is 30.5 Å². The molecule has 0 spiro atoms. The summed E-state index contributed by atoms with van der Waals surface area (Å²) in [5.74, 6) is 0.752. The van der Waals surface area contributed by atoms with Gasteiger partial charge in [-0.15, -0.1) is 0 Å². The molecule has 0 fully saturated rings. The number of benzene rings is 1. The zero-order chi connectivity index (χ0) is 12.1. The summed E-state index contributed by atoms with van der Waals surface area (Å²) in [5, 5.41) is 0. The van der Waals surface area contributed by atoms with Crippen LogP contribution in [0.1, 0.15) is 19.4 Å². The monoisotopic (exact) mass is 219 g/mol. The molecule has 0 aliphatic rings. The van der Waals surface area contributed by atoms with E-state index in [2.05, 4.69) is 0 Å². The minimum Gasteiger partial charge on any atom is -0.497 e. The fraction of sp³-hybridized carbons (Fsp3) is 0.308. The van der Waals surface area contributed by atoms with Gasteiger partial charge in [0.05, 0.1) is 7.11 Å². The van der Waals surface area contributed by atoms with E-state index < -0.39 is 0 Å². The van der Waals surface area contributed by atoms with Gasteiger partial charge in [-0.1, -0.05) is 26.0 Å². The van der Waals surface area contributed by atoms with E-state index in [4.69, 9.17) is 10.5 Å². The summed E-state index contributed by atoms with van der Waals surface area (Å²) in [6, 6.07) is 7.29. The van der Waals surface area contributed by atoms with E-state index in [-0.39, 0.29) is 11.7 Å². The van der Waals surface area contributed by atoms with E-state index in [1.165, 1.54) is 6.20 Å². The molecule has 0 bridgehead atoms. The summed E-state index contributed by atoms with van der Waals surface area (Å²) < 4.78 is 5.05. The highest BCUT2D eigenvalue weighted by atomic mass is 16.5. The van der Waals surface area contributed by atoms with Crippen molar-refractivity contribution >= 4 is 11.4 Å². The summed E-state index contributed by atoms with van der Waals surface area (Å²) in [6.45, 7) is 3.71. The van der Waals surface area contributed by atoms with E-state index in [1.807, 2.05) is 38.1 Å². The SMILES string of the molecule is COc1ccc(C(=CN)C(=O)C(C)C)cc1. The molecule has 1 rings (SSSR count). The zero-order valence-corrected chi connectivity index (χ0v) is 9.86. The predicted molar refractivity (Wildman–Crippen MR) is 65.0 cm³/mol. The molecule has 0 aromatic heterocycles. The molecule has 0 amide bonds. The molecule has 1 aromatic carbocycles. The van der Waals surface area contributed by atoms with Gasteiger partial charge >= 0.3 is 0 Å². The number of carbonyl (C=O) groups excluding carboxylic acids is 1. The van der Waals surface area contributed by atoms with Gasteiger partial charge in [-0.25, -0.2) is 0 Å². The maximum Gasteiger partial charge on any atom is 0.167 e. The maximum atomic E-state index is 11.8. The lowest BCUT2D eigenvalue weighted by Gasteiger charge is -2.09. The van der Waals surface area contributed by atoms with Gasteiger partial charge in [-0.05, 0) is 17.7 Å². The highest BCUT2D eigenvalue weighted by Gasteiger charge is 2.14. The Hall–Kier alpha value is -1.77. The van der Waals surface area contributed by atoms with E-state index >= 15 is 0 Å². The van der Waals surface area contributed by atoms with Crippen molar-refractivity contribution in [3.8, 4) is 5.75 Å². The van der Waals surface area contributed by atoms with E-state index in [0.29, 0.717) is 5.57 Å². The average Bonchev–Trinajstić information content (AvgIpc) is 2.30. The van der Waals surface area contributed by atoms with E-state index in [1.54, 1.807) is 7.11 Å². The summed E-state index contributed by atoms with van der Waals surface area (Å²) in [4.78, 5) is 11.8. The van der Waals surface area contributed by atoms with Crippen LogP contribution < -0.4 is 10.5 Å². The number of allylic oxidation sites excluding steroid dienone is 1. The standard InChI is InChI=1S/C13H17NO2/c1-9(2)13(15)12(8-14)10-4-6-11(16-3)7-5-10/h4-9H,14H2,1-3H3. The summed E-state index contributed by atoms with van der Waals surface area (Å²) in [5.41, 5.74) is 6.87. The van der Waals surface area contributed by atoms with Crippen molar-refractivity contribution in [3.63, 3.8) is 0 Å². The quantitative estimate of drug-likeness (QED) is 0.790. The first kappa shape index (κ1) is 12.3. The highest BCUT2D eigenvalue weighted by Crippen LogP contribution is 2.21. The first-order chi connectivity index (χ1) is 7.60. The van der Waals surface area contributed by atoms with Crippen LogP contribution in [0.4, 0.5) is 0 Å². The van der Waals surface area contributed by atoms with Crippen LogP contribution in [0.3, 0.4) is 0 Å². The third-order valence-corrected chi connectivity index (χ3v) is 2.36. The second kappa shape index (κ2) is 5.35. The molecule has 0 atom stereocenters. The topological polar surface area (TPSA) is 52.3 Å². The van der Waals surface area contributed by atoms with Crippen molar-refractivity contribution in [2.24, 2.45) is 11.7 Å². The van der Waals surface area contributed by atoms with Gasteiger partial charge in [0.2, 0.25) is 0 Å². The van der Waals surface area contributed by atoms with Gasteiger partial charge < -0.3 is 10.5 Å². The Labute approximate surface area is 95.9 Å². The molecule has 0 radical (unpaired) electrons. The smallest absolute Gasteiger partial charge is 0.167 e. The van der Waals surface area contributed by atoms with Crippen LogP contribution in [0.2, 0.25) is 0 Å². The fourth-order valence-electron chi connectivity index (χ4n) is 1.40. The van der Waals surface area contributed by atoms with Gasteiger partial charge in [0.25, 0.3) is 0 Å². The molecule has 1 aromatic rings. The molecular weight excluding hydrogens is 202 g/mol. The van der Waals surface area contributed by atoms with Crippen LogP contribution in [0.25, 0.3) is 5.57 Å². The molecule has 16 heavy (non-hydrogen) atoms. The fourth-order valence-corrected chi connectivity index (χ4v) is 1.40. The molecule has 86 valence electrons. The Kier molecular flexibility index (Phi) is 4.11. The van der Waals surface area contributed by atoms with E-state index in [9.17, 15) is 4.79 Å². The summed E-state index contributed by atoms with van der Waals surface area (Å²) in [6.07, 6.45) is 1.37. The maximum absolute atomic E-state index is 11.8. The Morgan fingerprint density at radius 3 is 2.25 bits per heavy atom. The van der Waals surface area contributed by atoms with Crippen LogP contribution in [-0.2, 0) is 4.79 Å². The number of rotatable bonds is 4.